The van der Waals surface area contributed by atoms with E-state index in [1.165, 1.54) is 17.7 Å². The summed E-state index contributed by atoms with van der Waals surface area (Å²) in [6, 6.07) is 22.2. The van der Waals surface area contributed by atoms with E-state index < -0.39 is 0 Å². The minimum atomic E-state index is -0.276. The summed E-state index contributed by atoms with van der Waals surface area (Å²) in [6.45, 7) is 6.38. The van der Waals surface area contributed by atoms with Gasteiger partial charge in [-0.1, -0.05) is 59.3 Å². The number of fused-ring (bicyclic) bond motifs is 1. The zero-order valence-corrected chi connectivity index (χ0v) is 22.4. The number of aryl methyl sites for hydroxylation is 2. The molecule has 0 aliphatic rings. The Balaban J connectivity index is 1.51. The molecule has 0 spiro atoms. The lowest BCUT2D eigenvalue weighted by Crippen LogP contribution is -2.14. The molecule has 5 nitrogen and oxygen atoms in total. The van der Waals surface area contributed by atoms with Gasteiger partial charge in [-0.15, -0.1) is 0 Å². The molecule has 0 saturated carbocycles. The van der Waals surface area contributed by atoms with Gasteiger partial charge in [-0.25, -0.2) is 9.37 Å². The van der Waals surface area contributed by atoms with Gasteiger partial charge in [0.25, 0.3) is 5.91 Å². The van der Waals surface area contributed by atoms with Crippen LogP contribution >= 0.6 is 15.9 Å². The summed E-state index contributed by atoms with van der Waals surface area (Å²) < 4.78 is 16.0. The number of amides is 1. The third kappa shape index (κ3) is 5.18. The third-order valence-electron chi connectivity index (χ3n) is 6.54. The van der Waals surface area contributed by atoms with Crippen molar-refractivity contribution in [1.82, 2.24) is 14.8 Å². The van der Waals surface area contributed by atoms with Crippen molar-refractivity contribution in [3.8, 4) is 11.3 Å². The number of rotatable bonds is 6. The number of pyridine rings is 1. The number of halogens is 2. The van der Waals surface area contributed by atoms with Crippen LogP contribution in [0.25, 0.3) is 22.2 Å². The van der Waals surface area contributed by atoms with Gasteiger partial charge in [-0.2, -0.15) is 5.10 Å². The van der Waals surface area contributed by atoms with Crippen molar-refractivity contribution in [2.45, 2.75) is 33.7 Å². The van der Waals surface area contributed by atoms with Crippen LogP contribution in [-0.2, 0) is 13.0 Å². The highest BCUT2D eigenvalue weighted by molar-refractivity contribution is 9.10. The average Bonchev–Trinajstić information content (AvgIpc) is 3.16. The number of nitrogens with zero attached hydrogens (tertiary/aromatic N) is 3. The molecule has 0 radical (unpaired) electrons. The molecule has 1 N–H and O–H groups in total. The van der Waals surface area contributed by atoms with Crippen LogP contribution in [-0.4, -0.2) is 20.7 Å². The van der Waals surface area contributed by atoms with Crippen molar-refractivity contribution < 1.29 is 9.18 Å². The van der Waals surface area contributed by atoms with Gasteiger partial charge in [0.15, 0.2) is 0 Å². The first-order valence-corrected chi connectivity index (χ1v) is 12.9. The number of anilines is 1. The number of carbonyl (C=O) groups excluding carboxylic acids is 1. The second-order valence-corrected chi connectivity index (χ2v) is 9.97. The van der Waals surface area contributed by atoms with Gasteiger partial charge in [0.1, 0.15) is 5.82 Å². The molecule has 7 heteroatoms. The Kier molecular flexibility index (Phi) is 6.89. The fraction of sp³-hybridized carbons (Fsp3) is 0.167. The Morgan fingerprint density at radius 3 is 2.38 bits per heavy atom. The van der Waals surface area contributed by atoms with Crippen molar-refractivity contribution >= 4 is 38.4 Å². The molecule has 0 unspecified atom stereocenters. The second-order valence-electron chi connectivity index (χ2n) is 9.05. The van der Waals surface area contributed by atoms with Crippen molar-refractivity contribution in [1.29, 1.82) is 0 Å². The van der Waals surface area contributed by atoms with Gasteiger partial charge < -0.3 is 5.32 Å². The number of benzene rings is 3. The first-order chi connectivity index (χ1) is 17.8. The third-order valence-corrected chi connectivity index (χ3v) is 7.03. The van der Waals surface area contributed by atoms with E-state index >= 15 is 0 Å². The monoisotopic (exact) mass is 556 g/mol. The van der Waals surface area contributed by atoms with Gasteiger partial charge in [0.2, 0.25) is 0 Å². The largest absolute Gasteiger partial charge is 0.319 e. The first-order valence-electron chi connectivity index (χ1n) is 12.1. The number of carbonyl (C=O) groups is 1. The smallest absolute Gasteiger partial charge is 0.256 e. The van der Waals surface area contributed by atoms with Gasteiger partial charge >= 0.3 is 0 Å². The molecule has 1 amide bonds. The van der Waals surface area contributed by atoms with Crippen LogP contribution in [0, 0.1) is 19.7 Å². The second kappa shape index (κ2) is 10.3. The van der Waals surface area contributed by atoms with E-state index in [4.69, 9.17) is 4.98 Å². The van der Waals surface area contributed by atoms with E-state index in [2.05, 4.69) is 45.4 Å². The lowest BCUT2D eigenvalue weighted by Gasteiger charge is -2.12. The van der Waals surface area contributed by atoms with Crippen LogP contribution in [0.1, 0.15) is 39.8 Å². The number of hydrogen-bond acceptors (Lipinski definition) is 3. The number of hydrogen-bond donors (Lipinski definition) is 1. The Labute approximate surface area is 223 Å². The zero-order chi connectivity index (χ0) is 26.1. The summed E-state index contributed by atoms with van der Waals surface area (Å²) in [5, 5.41) is 8.47. The molecule has 37 heavy (non-hydrogen) atoms. The van der Waals surface area contributed by atoms with Crippen LogP contribution in [0.4, 0.5) is 10.1 Å². The molecule has 5 rings (SSSR count). The van der Waals surface area contributed by atoms with E-state index in [1.807, 2.05) is 54.9 Å². The highest BCUT2D eigenvalue weighted by atomic mass is 79.9. The van der Waals surface area contributed by atoms with Crippen LogP contribution in [0.3, 0.4) is 0 Å². The topological polar surface area (TPSA) is 59.8 Å². The molecule has 186 valence electrons. The molecule has 3 aromatic carbocycles. The first kappa shape index (κ1) is 24.8. The van der Waals surface area contributed by atoms with E-state index in [-0.39, 0.29) is 11.7 Å². The van der Waals surface area contributed by atoms with Gasteiger partial charge in [-0.3, -0.25) is 9.48 Å². The van der Waals surface area contributed by atoms with Crippen molar-refractivity contribution in [2.75, 3.05) is 5.32 Å². The van der Waals surface area contributed by atoms with Crippen LogP contribution < -0.4 is 5.32 Å². The van der Waals surface area contributed by atoms with E-state index in [9.17, 15) is 9.18 Å². The van der Waals surface area contributed by atoms with Crippen molar-refractivity contribution in [2.24, 2.45) is 0 Å². The maximum atomic E-state index is 13.7. The summed E-state index contributed by atoms with van der Waals surface area (Å²) in [6.07, 6.45) is 0.959. The predicted molar refractivity (Wildman–Crippen MR) is 149 cm³/mol. The molecule has 0 aliphatic heterocycles. The summed E-state index contributed by atoms with van der Waals surface area (Å²) >= 11 is 3.53. The van der Waals surface area contributed by atoms with Gasteiger partial charge in [-0.05, 0) is 67.8 Å². The van der Waals surface area contributed by atoms with Gasteiger partial charge in [0.05, 0.1) is 40.4 Å². The molecule has 0 atom stereocenters. The number of nitrogens with one attached hydrogen (secondary N) is 1. The SMILES string of the molecule is CCc1ccc(-c2cc(C(=O)Nc3c(C)nn(Cc4ccc(F)cc4)c3C)c3cc(Br)ccc3n2)cc1. The quantitative estimate of drug-likeness (QED) is 0.236. The molecule has 5 aromatic rings. The normalized spacial score (nSPS) is 11.2. The molecule has 0 fully saturated rings. The maximum Gasteiger partial charge on any atom is 0.256 e. The summed E-state index contributed by atoms with van der Waals surface area (Å²) in [4.78, 5) is 18.5. The summed E-state index contributed by atoms with van der Waals surface area (Å²) in [5.74, 6) is -0.508. The molecule has 0 saturated heterocycles. The molecule has 2 aromatic heterocycles. The minimum absolute atomic E-state index is 0.232. The van der Waals surface area contributed by atoms with Crippen LogP contribution in [0.15, 0.2) is 77.3 Å². The lowest BCUT2D eigenvalue weighted by atomic mass is 10.0. The Hall–Kier alpha value is -3.84. The fourth-order valence-corrected chi connectivity index (χ4v) is 4.78. The minimum Gasteiger partial charge on any atom is -0.319 e. The maximum absolute atomic E-state index is 13.7. The predicted octanol–water partition coefficient (Wildman–Crippen LogP) is 7.48. The summed E-state index contributed by atoms with van der Waals surface area (Å²) in [7, 11) is 0. The van der Waals surface area contributed by atoms with Crippen molar-refractivity contribution in [3.63, 3.8) is 0 Å². The molecule has 0 aliphatic carbocycles. The van der Waals surface area contributed by atoms with Gasteiger partial charge in [0, 0.05) is 15.4 Å². The summed E-state index contributed by atoms with van der Waals surface area (Å²) in [5.41, 5.74) is 7.34. The Morgan fingerprint density at radius 1 is 0.973 bits per heavy atom. The van der Waals surface area contributed by atoms with E-state index in [0.29, 0.717) is 23.5 Å². The lowest BCUT2D eigenvalue weighted by molar-refractivity contribution is 0.102. The Morgan fingerprint density at radius 2 is 1.68 bits per heavy atom. The van der Waals surface area contributed by atoms with Crippen LogP contribution in [0.2, 0.25) is 0 Å². The standard InChI is InChI=1S/C30H26BrFN4O/c1-4-20-5-9-22(10-6-20)28-16-26(25-15-23(31)11-14-27(25)33-28)30(37)34-29-18(2)35-36(19(29)3)17-21-7-12-24(32)13-8-21/h5-16H,4,17H2,1-3H3,(H,34,37). The average molecular weight is 557 g/mol. The molecular weight excluding hydrogens is 531 g/mol. The van der Waals surface area contributed by atoms with E-state index in [0.717, 1.165) is 44.3 Å². The van der Waals surface area contributed by atoms with E-state index in [1.54, 1.807) is 12.1 Å². The Bertz CT molecular complexity index is 1610. The fourth-order valence-electron chi connectivity index (χ4n) is 4.42. The zero-order valence-electron chi connectivity index (χ0n) is 20.8. The molecule has 2 heterocycles. The van der Waals surface area contributed by atoms with Crippen LogP contribution in [0.5, 0.6) is 0 Å². The molecular formula is C30H26BrFN4O. The molecule has 0 bridgehead atoms. The highest BCUT2D eigenvalue weighted by Crippen LogP contribution is 2.29. The number of aromatic nitrogens is 3. The van der Waals surface area contributed by atoms with Crippen molar-refractivity contribution in [3.05, 3.63) is 111 Å². The highest BCUT2D eigenvalue weighted by Gasteiger charge is 2.19.